The van der Waals surface area contributed by atoms with Crippen LogP contribution in [0.15, 0.2) is 0 Å². The quantitative estimate of drug-likeness (QED) is 0.545. The zero-order valence-electron chi connectivity index (χ0n) is 7.16. The average Bonchev–Trinajstić information content (AvgIpc) is 2.78. The second-order valence-corrected chi connectivity index (χ2v) is 4.11. The van der Waals surface area contributed by atoms with Crippen molar-refractivity contribution in [1.29, 1.82) is 0 Å². The van der Waals surface area contributed by atoms with Crippen molar-refractivity contribution >= 4 is 15.9 Å². The van der Waals surface area contributed by atoms with Crippen LogP contribution in [0.25, 0.3) is 0 Å². The van der Waals surface area contributed by atoms with Gasteiger partial charge in [-0.05, 0) is 24.7 Å². The van der Waals surface area contributed by atoms with Gasteiger partial charge in [-0.3, -0.25) is 0 Å². The fraction of sp³-hybridized carbons (Fsp3) is 1.00. The number of ether oxygens (including phenoxy) is 1. The van der Waals surface area contributed by atoms with Crippen LogP contribution in [-0.4, -0.2) is 24.7 Å². The molecule has 1 aliphatic rings. The molecule has 0 N–H and O–H groups in total. The van der Waals surface area contributed by atoms with Crippen molar-refractivity contribution in [3.05, 3.63) is 0 Å². The summed E-state index contributed by atoms with van der Waals surface area (Å²) in [6.45, 7) is -0.906. The molecule has 1 rings (SSSR count). The summed E-state index contributed by atoms with van der Waals surface area (Å²) in [6.07, 6.45) is -1.25. The van der Waals surface area contributed by atoms with Gasteiger partial charge < -0.3 is 4.74 Å². The summed E-state index contributed by atoms with van der Waals surface area (Å²) in [6, 6.07) is 0. The Hall–Kier alpha value is 0.230. The molecule has 1 nitrogen and oxygen atoms in total. The molecule has 0 aromatic rings. The second kappa shape index (κ2) is 4.17. The van der Waals surface area contributed by atoms with E-state index in [0.717, 1.165) is 24.6 Å². The maximum absolute atomic E-state index is 11.6. The van der Waals surface area contributed by atoms with Crippen molar-refractivity contribution in [1.82, 2.24) is 0 Å². The highest BCUT2D eigenvalue weighted by Crippen LogP contribution is 2.49. The largest absolute Gasteiger partial charge is 0.411 e. The number of alkyl halides is 4. The van der Waals surface area contributed by atoms with Crippen LogP contribution in [0.3, 0.4) is 0 Å². The molecular weight excluding hydrogens is 249 g/mol. The van der Waals surface area contributed by atoms with Crippen LogP contribution in [0.4, 0.5) is 13.2 Å². The fourth-order valence-electron chi connectivity index (χ4n) is 1.10. The molecule has 5 heteroatoms. The molecule has 0 saturated heterocycles. The fourth-order valence-corrected chi connectivity index (χ4v) is 1.94. The molecule has 0 aliphatic heterocycles. The van der Waals surface area contributed by atoms with E-state index in [1.807, 2.05) is 0 Å². The van der Waals surface area contributed by atoms with Crippen LogP contribution in [0.1, 0.15) is 19.3 Å². The van der Waals surface area contributed by atoms with E-state index in [4.69, 9.17) is 0 Å². The summed E-state index contributed by atoms with van der Waals surface area (Å²) in [7, 11) is 0. The molecule has 0 heterocycles. The van der Waals surface area contributed by atoms with Crippen LogP contribution in [0, 0.1) is 5.41 Å². The van der Waals surface area contributed by atoms with Gasteiger partial charge in [0.15, 0.2) is 0 Å². The molecular formula is C8H12BrF3O. The zero-order chi connectivity index (χ0) is 9.95. The molecule has 78 valence electrons. The van der Waals surface area contributed by atoms with Gasteiger partial charge in [-0.15, -0.1) is 0 Å². The predicted octanol–water partition coefficient (Wildman–Crippen LogP) is 3.13. The Morgan fingerprint density at radius 2 is 1.92 bits per heavy atom. The summed E-state index contributed by atoms with van der Waals surface area (Å²) in [5.74, 6) is 0. The minimum Gasteiger partial charge on any atom is -0.372 e. The normalized spacial score (nSPS) is 20.3. The van der Waals surface area contributed by atoms with Crippen LogP contribution in [0.5, 0.6) is 0 Å². The first-order chi connectivity index (χ1) is 5.97. The molecule has 1 fully saturated rings. The molecule has 0 aromatic heterocycles. The highest BCUT2D eigenvalue weighted by atomic mass is 79.9. The number of rotatable bonds is 5. The van der Waals surface area contributed by atoms with E-state index in [1.54, 1.807) is 0 Å². The molecule has 0 atom stereocenters. The monoisotopic (exact) mass is 260 g/mol. The lowest BCUT2D eigenvalue weighted by Gasteiger charge is -2.12. The van der Waals surface area contributed by atoms with Gasteiger partial charge in [-0.1, -0.05) is 15.9 Å². The third-order valence-electron chi connectivity index (χ3n) is 2.28. The third kappa shape index (κ3) is 4.31. The van der Waals surface area contributed by atoms with Crippen molar-refractivity contribution in [2.75, 3.05) is 18.5 Å². The molecule has 1 saturated carbocycles. The Kier molecular flexibility index (Phi) is 3.63. The van der Waals surface area contributed by atoms with Gasteiger partial charge in [-0.2, -0.15) is 13.2 Å². The van der Waals surface area contributed by atoms with Crippen LogP contribution >= 0.6 is 15.9 Å². The lowest BCUT2D eigenvalue weighted by Crippen LogP contribution is -2.18. The molecule has 0 unspecified atom stereocenters. The maximum Gasteiger partial charge on any atom is 0.411 e. The summed E-state index contributed by atoms with van der Waals surface area (Å²) >= 11 is 3.35. The lowest BCUT2D eigenvalue weighted by molar-refractivity contribution is -0.174. The Morgan fingerprint density at radius 1 is 1.31 bits per heavy atom. The van der Waals surface area contributed by atoms with Crippen LogP contribution < -0.4 is 0 Å². The Labute approximate surface area is 83.8 Å². The molecule has 13 heavy (non-hydrogen) atoms. The van der Waals surface area contributed by atoms with Gasteiger partial charge in [-0.25, -0.2) is 0 Å². The van der Waals surface area contributed by atoms with Gasteiger partial charge in [0.05, 0.1) is 0 Å². The molecule has 0 amide bonds. The van der Waals surface area contributed by atoms with Crippen LogP contribution in [-0.2, 0) is 4.74 Å². The molecule has 0 radical (unpaired) electrons. The van der Waals surface area contributed by atoms with Crippen molar-refractivity contribution < 1.29 is 17.9 Å². The SMILES string of the molecule is FC(F)(F)COCCC1(CBr)CC1. The number of halogens is 4. The molecule has 0 aromatic carbocycles. The first kappa shape index (κ1) is 11.3. The first-order valence-electron chi connectivity index (χ1n) is 4.18. The van der Waals surface area contributed by atoms with Gasteiger partial charge in [0.2, 0.25) is 0 Å². The minimum absolute atomic E-state index is 0.213. The maximum atomic E-state index is 11.6. The minimum atomic E-state index is -4.19. The Balaban J connectivity index is 2.02. The standard InChI is InChI=1S/C8H12BrF3O/c9-5-7(1-2-7)3-4-13-6-8(10,11)12/h1-6H2. The van der Waals surface area contributed by atoms with E-state index in [9.17, 15) is 13.2 Å². The van der Waals surface area contributed by atoms with E-state index in [0.29, 0.717) is 0 Å². The highest BCUT2D eigenvalue weighted by molar-refractivity contribution is 9.09. The van der Waals surface area contributed by atoms with E-state index < -0.39 is 12.8 Å². The molecule has 1 aliphatic carbocycles. The summed E-state index contributed by atoms with van der Waals surface area (Å²) < 4.78 is 39.4. The second-order valence-electron chi connectivity index (χ2n) is 3.55. The highest BCUT2D eigenvalue weighted by Gasteiger charge is 2.41. The van der Waals surface area contributed by atoms with Gasteiger partial charge in [0.1, 0.15) is 6.61 Å². The number of hydrogen-bond donors (Lipinski definition) is 0. The summed E-state index contributed by atoms with van der Waals surface area (Å²) in [5.41, 5.74) is 0.242. The molecule has 0 spiro atoms. The van der Waals surface area contributed by atoms with E-state index in [2.05, 4.69) is 20.7 Å². The van der Waals surface area contributed by atoms with Crippen molar-refractivity contribution in [3.63, 3.8) is 0 Å². The zero-order valence-corrected chi connectivity index (χ0v) is 8.75. The van der Waals surface area contributed by atoms with Crippen molar-refractivity contribution in [3.8, 4) is 0 Å². The Morgan fingerprint density at radius 3 is 2.31 bits per heavy atom. The first-order valence-corrected chi connectivity index (χ1v) is 5.30. The van der Waals surface area contributed by atoms with Gasteiger partial charge in [0, 0.05) is 11.9 Å². The Bertz CT molecular complexity index is 165. The van der Waals surface area contributed by atoms with E-state index in [1.165, 1.54) is 0 Å². The number of hydrogen-bond acceptors (Lipinski definition) is 1. The van der Waals surface area contributed by atoms with Crippen LogP contribution in [0.2, 0.25) is 0 Å². The average molecular weight is 261 g/mol. The smallest absolute Gasteiger partial charge is 0.372 e. The van der Waals surface area contributed by atoms with Gasteiger partial charge in [0.25, 0.3) is 0 Å². The van der Waals surface area contributed by atoms with Gasteiger partial charge >= 0.3 is 6.18 Å². The summed E-state index contributed by atoms with van der Waals surface area (Å²) in [5, 5.41) is 0.870. The van der Waals surface area contributed by atoms with Crippen molar-refractivity contribution in [2.45, 2.75) is 25.4 Å². The topological polar surface area (TPSA) is 9.23 Å². The lowest BCUT2D eigenvalue weighted by atomic mass is 10.1. The predicted molar refractivity (Wildman–Crippen MR) is 47.0 cm³/mol. The molecule has 0 bridgehead atoms. The van der Waals surface area contributed by atoms with Crippen molar-refractivity contribution in [2.24, 2.45) is 5.41 Å². The summed E-state index contributed by atoms with van der Waals surface area (Å²) in [4.78, 5) is 0. The third-order valence-corrected chi connectivity index (χ3v) is 3.47. The van der Waals surface area contributed by atoms with E-state index >= 15 is 0 Å². The van der Waals surface area contributed by atoms with E-state index in [-0.39, 0.29) is 12.0 Å².